The van der Waals surface area contributed by atoms with Gasteiger partial charge in [0.2, 0.25) is 0 Å². The van der Waals surface area contributed by atoms with E-state index in [0.717, 1.165) is 141 Å². The van der Waals surface area contributed by atoms with Crippen molar-refractivity contribution in [3.8, 4) is 0 Å². The van der Waals surface area contributed by atoms with Crippen molar-refractivity contribution in [2.75, 3.05) is 7.11 Å². The van der Waals surface area contributed by atoms with Crippen LogP contribution in [0.3, 0.4) is 0 Å². The maximum atomic E-state index is 11.6. The van der Waals surface area contributed by atoms with Crippen molar-refractivity contribution in [2.45, 2.75) is 327 Å². The Balaban J connectivity index is -0.00000111. The Hall–Kier alpha value is 1.15. The van der Waals surface area contributed by atoms with Crippen LogP contribution in [-0.2, 0) is 31.2 Å². The van der Waals surface area contributed by atoms with Crippen LogP contribution in [0.15, 0.2) is 0 Å². The zero-order valence-corrected chi connectivity index (χ0v) is 58.6. The Morgan fingerprint density at radius 1 is 0.494 bits per heavy atom. The largest absolute Gasteiger partial charge is 2.00 e. The summed E-state index contributed by atoms with van der Waals surface area (Å²) in [6.07, 6.45) is 30.8. The molecule has 81 heavy (non-hydrogen) atoms. The number of aliphatic hydroxyl groups excluding tert-OH is 4. The molecule has 9 aliphatic carbocycles. The fourth-order valence-electron chi connectivity index (χ4n) is 18.3. The number of ether oxygens (including phenoxy) is 1. The summed E-state index contributed by atoms with van der Waals surface area (Å²) in [4.78, 5) is 11.6. The van der Waals surface area contributed by atoms with Gasteiger partial charge in [0, 0.05) is 52.6 Å². The van der Waals surface area contributed by atoms with E-state index in [-0.39, 0.29) is 124 Å². The molecule has 0 heterocycles. The zero-order valence-electron chi connectivity index (χ0n) is 54.0. The number of fused-ring (bicyclic) bond motifs is 10. The summed E-state index contributed by atoms with van der Waals surface area (Å²) >= 11 is 0. The average Bonchev–Trinajstić information content (AvgIpc) is 3.82. The third kappa shape index (κ3) is 24.8. The van der Waals surface area contributed by atoms with E-state index in [9.17, 15) is 20.1 Å². The van der Waals surface area contributed by atoms with Gasteiger partial charge >= 0.3 is 29.0 Å². The number of hydrogen-bond donors (Lipinski definition) is 7. The number of aliphatic hydroxyl groups is 7. The second-order valence-electron chi connectivity index (χ2n) is 28.7. The SMILES string of the molecule is C.C.CC(C)O.CC(C)O.CC(C)O.CC(C)O.CC[C@]1(O)CC[C@H]2[C@@H](CC[C@@H]3[C@@H]2CC[C@]2(C)[C@@H]([C@H](C)CCC(=O)OC)CC[C@@H]32)C1.CC[C@]1(O)CC[C@H]2[C@@H](CC[C@@H]3[C@@H]2CC[C@]2(C)[C@@H]([C@H](C)CCC4(O)CC4)CC[C@@H]32)C1.[Br-].[CH2-]C.[Mg+2].[Ti]. The predicted molar refractivity (Wildman–Crippen MR) is 334 cm³/mol. The van der Waals surface area contributed by atoms with E-state index < -0.39 is 0 Å². The Kier molecular flexibility index (Phi) is 41.9. The van der Waals surface area contributed by atoms with Gasteiger partial charge in [0.25, 0.3) is 0 Å². The molecular weight excluding hydrogens is 1120 g/mol. The molecule has 9 rings (SSSR count). The third-order valence-corrected chi connectivity index (χ3v) is 22.0. The van der Waals surface area contributed by atoms with Crippen LogP contribution >= 0.6 is 0 Å². The Morgan fingerprint density at radius 3 is 1.12 bits per heavy atom. The molecule has 0 amide bonds. The minimum atomic E-state index is -0.370. The molecular formula is C69H135BrMgO9Ti. The van der Waals surface area contributed by atoms with Gasteiger partial charge < -0.3 is 64.4 Å². The van der Waals surface area contributed by atoms with Gasteiger partial charge in [-0.1, -0.05) is 56.4 Å². The Labute approximate surface area is 543 Å². The molecule has 12 heteroatoms. The molecule has 0 radical (unpaired) electrons. The molecule has 7 N–H and O–H groups in total. The first-order valence-corrected chi connectivity index (χ1v) is 32.2. The fraction of sp³-hybridized carbons (Fsp3) is 0.971. The minimum Gasteiger partial charge on any atom is -1.00 e. The normalized spacial score (nSPS) is 37.4. The van der Waals surface area contributed by atoms with Gasteiger partial charge in [-0.3, -0.25) is 4.79 Å². The predicted octanol–water partition coefficient (Wildman–Crippen LogP) is 12.6. The second kappa shape index (κ2) is 39.3. The Morgan fingerprint density at radius 2 is 0.815 bits per heavy atom. The first-order valence-electron chi connectivity index (χ1n) is 32.2. The summed E-state index contributed by atoms with van der Waals surface area (Å²) in [7, 11) is 1.50. The van der Waals surface area contributed by atoms with Gasteiger partial charge in [-0.25, -0.2) is 0 Å². The quantitative estimate of drug-likeness (QED) is 0.0640. The number of rotatable bonds is 10. The van der Waals surface area contributed by atoms with Crippen LogP contribution in [0.5, 0.6) is 0 Å². The van der Waals surface area contributed by atoms with Gasteiger partial charge in [-0.15, -0.1) is 0 Å². The molecule has 9 saturated carbocycles. The maximum Gasteiger partial charge on any atom is 2.00 e. The standard InChI is InChI=1S/C27H46O2.C26H44O3.4C3H8O.C2H5.2CH4.BrH.Mg.Ti/c1-4-26(28)14-11-20-19(17-26)5-6-22-21(20)10-12-25(3)23(7-8-24(22)25)18(2)9-13-27(29)15-16-27;1-5-26(28)15-13-19-18(16-26)7-8-21-20(19)12-14-25(3)22(9-10-23(21)25)17(2)6-11-24(27)29-4;4*1-3(2)4;1-2;;;;;/h18-24,28-29H,4-17H2,1-3H3;17-23,28H,5-16H2,1-4H3;4*3-4H,1-2H3;1H2,2H3;2*1H4;1H;;/q;;;;;;-1;;;;+2;/p-1/t18-,19+,20+,21-,22-,23-,24+,25-,26+;17-,18+,19+,20-,21-,22-,23+,25-,26+;;;;;;;;;;/m11........../s1. The number of carbonyl (C=O) groups excluding carboxylic acids is 1. The molecule has 0 aliphatic heterocycles. The van der Waals surface area contributed by atoms with Crippen LogP contribution in [0.2, 0.25) is 0 Å². The van der Waals surface area contributed by atoms with Gasteiger partial charge in [-0.05, 0) is 310 Å². The van der Waals surface area contributed by atoms with Crippen molar-refractivity contribution in [1.82, 2.24) is 0 Å². The summed E-state index contributed by atoms with van der Waals surface area (Å²) in [5, 5.41) is 64.3. The first-order chi connectivity index (χ1) is 35.5. The van der Waals surface area contributed by atoms with Crippen molar-refractivity contribution in [2.24, 2.45) is 93.7 Å². The maximum absolute atomic E-state index is 11.6. The zero-order chi connectivity index (χ0) is 57.6. The van der Waals surface area contributed by atoms with E-state index in [4.69, 9.17) is 25.2 Å². The molecule has 0 bridgehead atoms. The molecule has 18 atom stereocenters. The van der Waals surface area contributed by atoms with Crippen LogP contribution in [-0.4, -0.2) is 113 Å². The van der Waals surface area contributed by atoms with Gasteiger partial charge in [0.1, 0.15) is 0 Å². The van der Waals surface area contributed by atoms with E-state index in [1.807, 2.05) is 0 Å². The topological polar surface area (TPSA) is 168 Å². The van der Waals surface area contributed by atoms with Gasteiger partial charge in [0.05, 0.1) is 23.9 Å². The second-order valence-corrected chi connectivity index (χ2v) is 28.7. The van der Waals surface area contributed by atoms with E-state index in [1.54, 1.807) is 62.3 Å². The molecule has 9 aliphatic rings. The molecule has 0 aromatic carbocycles. The van der Waals surface area contributed by atoms with Crippen LogP contribution < -0.4 is 17.0 Å². The van der Waals surface area contributed by atoms with E-state index in [1.165, 1.54) is 103 Å². The molecule has 0 aromatic heterocycles. The van der Waals surface area contributed by atoms with Crippen LogP contribution in [0, 0.1) is 101 Å². The molecule has 9 nitrogen and oxygen atoms in total. The number of halogens is 1. The summed E-state index contributed by atoms with van der Waals surface area (Å²) in [6.45, 7) is 33.3. The van der Waals surface area contributed by atoms with Crippen molar-refractivity contribution >= 4 is 29.0 Å². The molecule has 0 aromatic rings. The van der Waals surface area contributed by atoms with E-state index in [0.29, 0.717) is 23.2 Å². The Bertz CT molecular complexity index is 1620. The molecule has 0 unspecified atom stereocenters. The minimum absolute atomic E-state index is 0. The molecule has 0 saturated heterocycles. The monoisotopic (exact) mass is 1260 g/mol. The van der Waals surface area contributed by atoms with Gasteiger partial charge in [0.15, 0.2) is 0 Å². The summed E-state index contributed by atoms with van der Waals surface area (Å²) in [5.41, 5.74) is 0.0345. The number of esters is 1. The van der Waals surface area contributed by atoms with Gasteiger partial charge in [-0.2, -0.15) is 6.92 Å². The fourth-order valence-corrected chi connectivity index (χ4v) is 18.3. The first kappa shape index (κ1) is 86.4. The van der Waals surface area contributed by atoms with Crippen molar-refractivity contribution in [1.29, 1.82) is 0 Å². The average molecular weight is 1260 g/mol. The molecule has 0 spiro atoms. The molecule has 9 fully saturated rings. The van der Waals surface area contributed by atoms with Crippen LogP contribution in [0.25, 0.3) is 0 Å². The van der Waals surface area contributed by atoms with Crippen LogP contribution in [0.1, 0.15) is 286 Å². The van der Waals surface area contributed by atoms with Crippen molar-refractivity contribution in [3.05, 3.63) is 6.92 Å². The smallest absolute Gasteiger partial charge is 1.00 e. The summed E-state index contributed by atoms with van der Waals surface area (Å²) in [5.74, 6) is 11.9. The summed E-state index contributed by atoms with van der Waals surface area (Å²) in [6, 6.07) is 0. The number of hydrogen-bond acceptors (Lipinski definition) is 9. The van der Waals surface area contributed by atoms with Crippen molar-refractivity contribution in [3.63, 3.8) is 0 Å². The number of carbonyl (C=O) groups is 1. The number of methoxy groups -OCH3 is 1. The van der Waals surface area contributed by atoms with E-state index in [2.05, 4.69) is 48.5 Å². The van der Waals surface area contributed by atoms with E-state index >= 15 is 0 Å². The molecule has 478 valence electrons. The third-order valence-electron chi connectivity index (χ3n) is 22.0. The summed E-state index contributed by atoms with van der Waals surface area (Å²) < 4.78 is 4.88. The van der Waals surface area contributed by atoms with Crippen molar-refractivity contribution < 1.29 is 84.0 Å². The van der Waals surface area contributed by atoms with Crippen LogP contribution in [0.4, 0.5) is 0 Å².